The van der Waals surface area contributed by atoms with Crippen LogP contribution in [0.3, 0.4) is 0 Å². The van der Waals surface area contributed by atoms with Crippen LogP contribution in [-0.2, 0) is 4.74 Å². The maximum absolute atomic E-state index is 11.6. The number of hydrogen-bond acceptors (Lipinski definition) is 4. The average Bonchev–Trinajstić information content (AvgIpc) is 2.60. The lowest BCUT2D eigenvalue weighted by molar-refractivity contribution is 0.0963. The van der Waals surface area contributed by atoms with Crippen molar-refractivity contribution in [2.24, 2.45) is 10.7 Å². The number of aliphatic imine (C=N–C) groups is 1. The van der Waals surface area contributed by atoms with Crippen LogP contribution in [0.5, 0.6) is 5.75 Å². The molecule has 0 aromatic heterocycles. The second kappa shape index (κ2) is 11.8. The number of ether oxygens (including phenoxy) is 2. The van der Waals surface area contributed by atoms with E-state index in [1.807, 2.05) is 37.3 Å². The highest BCUT2D eigenvalue weighted by atomic mass is 127. The number of para-hydroxylation sites is 1. The molecule has 1 amide bonds. The molecule has 1 aromatic carbocycles. The van der Waals surface area contributed by atoms with Gasteiger partial charge in [-0.05, 0) is 31.9 Å². The zero-order chi connectivity index (χ0) is 17.2. The predicted molar refractivity (Wildman–Crippen MR) is 109 cm³/mol. The summed E-state index contributed by atoms with van der Waals surface area (Å²) in [6.45, 7) is 4.53. The molecule has 0 bridgehead atoms. The van der Waals surface area contributed by atoms with Crippen LogP contribution in [0, 0.1) is 0 Å². The van der Waals surface area contributed by atoms with E-state index < -0.39 is 0 Å². The maximum Gasteiger partial charge on any atom is 0.409 e. The number of guanidine groups is 1. The van der Waals surface area contributed by atoms with E-state index in [1.165, 1.54) is 0 Å². The van der Waals surface area contributed by atoms with E-state index in [2.05, 4.69) is 10.3 Å². The van der Waals surface area contributed by atoms with Crippen molar-refractivity contribution in [2.75, 3.05) is 32.8 Å². The van der Waals surface area contributed by atoms with Crippen LogP contribution in [0.25, 0.3) is 0 Å². The highest BCUT2D eigenvalue weighted by Crippen LogP contribution is 2.11. The highest BCUT2D eigenvalue weighted by Gasteiger charge is 2.23. The summed E-state index contributed by atoms with van der Waals surface area (Å²) >= 11 is 0. The Morgan fingerprint density at radius 1 is 1.32 bits per heavy atom. The first-order valence-corrected chi connectivity index (χ1v) is 8.35. The van der Waals surface area contributed by atoms with Gasteiger partial charge in [-0.3, -0.25) is 0 Å². The van der Waals surface area contributed by atoms with Gasteiger partial charge in [0, 0.05) is 19.1 Å². The van der Waals surface area contributed by atoms with E-state index >= 15 is 0 Å². The van der Waals surface area contributed by atoms with Gasteiger partial charge < -0.3 is 25.4 Å². The summed E-state index contributed by atoms with van der Waals surface area (Å²) in [6.07, 6.45) is 1.42. The fourth-order valence-corrected chi connectivity index (χ4v) is 2.52. The lowest BCUT2D eigenvalue weighted by Gasteiger charge is -2.31. The standard InChI is InChI=1S/C17H26N4O3.HI/c1-2-23-17(22)21-11-8-14(9-12-21)20-16(18)19-10-13-24-15-6-4-3-5-7-15;/h3-7,14H,2,8-13H2,1H3,(H3,18,19,20);1H. The quantitative estimate of drug-likeness (QED) is 0.293. The molecule has 140 valence electrons. The third-order valence-corrected chi connectivity index (χ3v) is 3.76. The summed E-state index contributed by atoms with van der Waals surface area (Å²) in [7, 11) is 0. The van der Waals surface area contributed by atoms with Crippen LogP contribution in [0.15, 0.2) is 35.3 Å². The Balaban J connectivity index is 0.00000312. The van der Waals surface area contributed by atoms with Crippen LogP contribution in [0.4, 0.5) is 4.79 Å². The Labute approximate surface area is 166 Å². The number of nitrogens with one attached hydrogen (secondary N) is 1. The first-order chi connectivity index (χ1) is 11.7. The number of carbonyl (C=O) groups excluding carboxylic acids is 1. The normalized spacial score (nSPS) is 15.2. The third-order valence-electron chi connectivity index (χ3n) is 3.76. The highest BCUT2D eigenvalue weighted by molar-refractivity contribution is 14.0. The monoisotopic (exact) mass is 462 g/mol. The first-order valence-electron chi connectivity index (χ1n) is 8.35. The zero-order valence-electron chi connectivity index (χ0n) is 14.5. The lowest BCUT2D eigenvalue weighted by atomic mass is 10.1. The van der Waals surface area contributed by atoms with E-state index in [4.69, 9.17) is 15.2 Å². The molecular formula is C17H27IN4O3. The fourth-order valence-electron chi connectivity index (χ4n) is 2.52. The molecule has 2 rings (SSSR count). The molecule has 1 saturated heterocycles. The van der Waals surface area contributed by atoms with E-state index in [0.29, 0.717) is 38.8 Å². The molecule has 0 atom stereocenters. The minimum absolute atomic E-state index is 0. The van der Waals surface area contributed by atoms with Gasteiger partial charge in [-0.2, -0.15) is 0 Å². The molecule has 1 aromatic rings. The van der Waals surface area contributed by atoms with Crippen molar-refractivity contribution in [2.45, 2.75) is 25.8 Å². The van der Waals surface area contributed by atoms with Crippen LogP contribution in [0.2, 0.25) is 0 Å². The summed E-state index contributed by atoms with van der Waals surface area (Å²) in [6, 6.07) is 9.84. The molecule has 0 spiro atoms. The molecule has 0 unspecified atom stereocenters. The van der Waals surface area contributed by atoms with Crippen LogP contribution >= 0.6 is 24.0 Å². The minimum Gasteiger partial charge on any atom is -0.492 e. The van der Waals surface area contributed by atoms with Gasteiger partial charge in [-0.1, -0.05) is 18.2 Å². The number of halogens is 1. The van der Waals surface area contributed by atoms with Gasteiger partial charge in [0.05, 0.1) is 13.2 Å². The van der Waals surface area contributed by atoms with Crippen LogP contribution < -0.4 is 15.8 Å². The van der Waals surface area contributed by atoms with Gasteiger partial charge in [0.1, 0.15) is 12.4 Å². The Bertz CT molecular complexity index is 534. The molecule has 1 aliphatic heterocycles. The molecule has 1 heterocycles. The number of benzene rings is 1. The summed E-state index contributed by atoms with van der Waals surface area (Å²) in [5.74, 6) is 1.24. The van der Waals surface area contributed by atoms with Crippen molar-refractivity contribution < 1.29 is 14.3 Å². The number of amides is 1. The fraction of sp³-hybridized carbons (Fsp3) is 0.529. The zero-order valence-corrected chi connectivity index (χ0v) is 16.8. The maximum atomic E-state index is 11.6. The van der Waals surface area contributed by atoms with Crippen LogP contribution in [0.1, 0.15) is 19.8 Å². The van der Waals surface area contributed by atoms with Gasteiger partial charge in [-0.15, -0.1) is 24.0 Å². The molecule has 1 aliphatic rings. The number of carbonyl (C=O) groups is 1. The smallest absolute Gasteiger partial charge is 0.409 e. The van der Waals surface area contributed by atoms with Crippen molar-refractivity contribution >= 4 is 36.0 Å². The minimum atomic E-state index is -0.240. The van der Waals surface area contributed by atoms with Gasteiger partial charge in [0.2, 0.25) is 0 Å². The van der Waals surface area contributed by atoms with E-state index in [1.54, 1.807) is 4.90 Å². The number of nitrogens with zero attached hydrogens (tertiary/aromatic N) is 2. The number of likely N-dealkylation sites (tertiary alicyclic amines) is 1. The number of piperidine rings is 1. The van der Waals surface area contributed by atoms with Crippen molar-refractivity contribution in [3.63, 3.8) is 0 Å². The first kappa shape index (κ1) is 21.3. The number of hydrogen-bond donors (Lipinski definition) is 2. The summed E-state index contributed by atoms with van der Waals surface area (Å²) in [5, 5.41) is 3.20. The Hall–Kier alpha value is -1.71. The average molecular weight is 462 g/mol. The largest absolute Gasteiger partial charge is 0.492 e. The van der Waals surface area contributed by atoms with E-state index in [-0.39, 0.29) is 36.1 Å². The van der Waals surface area contributed by atoms with Crippen molar-refractivity contribution in [1.82, 2.24) is 10.2 Å². The van der Waals surface area contributed by atoms with E-state index in [0.717, 1.165) is 18.6 Å². The van der Waals surface area contributed by atoms with Crippen molar-refractivity contribution in [3.05, 3.63) is 30.3 Å². The van der Waals surface area contributed by atoms with Gasteiger partial charge in [0.15, 0.2) is 5.96 Å². The summed E-state index contributed by atoms with van der Waals surface area (Å²) < 4.78 is 10.6. The van der Waals surface area contributed by atoms with Gasteiger partial charge in [-0.25, -0.2) is 9.79 Å². The topological polar surface area (TPSA) is 89.2 Å². The van der Waals surface area contributed by atoms with Crippen LogP contribution in [-0.4, -0.2) is 55.8 Å². The lowest BCUT2D eigenvalue weighted by Crippen LogP contribution is -2.48. The molecule has 1 fully saturated rings. The van der Waals surface area contributed by atoms with E-state index in [9.17, 15) is 4.79 Å². The SMILES string of the molecule is CCOC(=O)N1CCC(NC(N)=NCCOc2ccccc2)CC1.I. The molecule has 25 heavy (non-hydrogen) atoms. The second-order valence-corrected chi connectivity index (χ2v) is 5.53. The Morgan fingerprint density at radius 2 is 2.00 bits per heavy atom. The molecule has 7 nitrogen and oxygen atoms in total. The van der Waals surface area contributed by atoms with Crippen molar-refractivity contribution in [3.8, 4) is 5.75 Å². The van der Waals surface area contributed by atoms with Gasteiger partial charge in [0.25, 0.3) is 0 Å². The Morgan fingerprint density at radius 3 is 2.64 bits per heavy atom. The predicted octanol–water partition coefficient (Wildman–Crippen LogP) is 2.21. The molecular weight excluding hydrogens is 435 g/mol. The number of nitrogens with two attached hydrogens (primary N) is 1. The number of rotatable bonds is 6. The summed E-state index contributed by atoms with van der Waals surface area (Å²) in [4.78, 5) is 17.6. The second-order valence-electron chi connectivity index (χ2n) is 5.53. The van der Waals surface area contributed by atoms with Crippen molar-refractivity contribution in [1.29, 1.82) is 0 Å². The molecule has 0 radical (unpaired) electrons. The molecule has 0 saturated carbocycles. The van der Waals surface area contributed by atoms with Gasteiger partial charge >= 0.3 is 6.09 Å². The molecule has 3 N–H and O–H groups in total. The third kappa shape index (κ3) is 7.80. The molecule has 0 aliphatic carbocycles. The Kier molecular flexibility index (Phi) is 10.0. The summed E-state index contributed by atoms with van der Waals surface area (Å²) in [5.41, 5.74) is 5.90. The molecule has 8 heteroatoms.